The minimum absolute atomic E-state index is 0.471. The van der Waals surface area contributed by atoms with Crippen LogP contribution in [0, 0.1) is 0 Å². The number of halogens is 3. The second kappa shape index (κ2) is 7.65. The molecule has 2 aromatic rings. The molecule has 6 nitrogen and oxygen atoms in total. The number of amides is 1. The molecule has 2 rings (SSSR count). The smallest absolute Gasteiger partial charge is 0.346 e. The number of hydrogen-bond donors (Lipinski definition) is 1. The number of carbonyl (C=O) groups is 1. The van der Waals surface area contributed by atoms with Gasteiger partial charge in [0.1, 0.15) is 6.54 Å². The Labute approximate surface area is 140 Å². The Balaban J connectivity index is 2.10. The van der Waals surface area contributed by atoms with Gasteiger partial charge in [-0.3, -0.25) is 9.78 Å². The van der Waals surface area contributed by atoms with Gasteiger partial charge >= 0.3 is 6.18 Å². The number of alkyl halides is 3. The van der Waals surface area contributed by atoms with Gasteiger partial charge in [0, 0.05) is 24.5 Å². The highest BCUT2D eigenvalue weighted by Crippen LogP contribution is 2.26. The molecule has 1 atom stereocenters. The Kier molecular flexibility index (Phi) is 5.81. The van der Waals surface area contributed by atoms with E-state index in [1.807, 2.05) is 12.2 Å². The highest BCUT2D eigenvalue weighted by molar-refractivity contribution is 8.00. The molecule has 10 heteroatoms. The van der Waals surface area contributed by atoms with Crippen LogP contribution in [0.5, 0.6) is 0 Å². The molecule has 0 saturated carbocycles. The summed E-state index contributed by atoms with van der Waals surface area (Å²) in [7, 11) is 0. The Morgan fingerprint density at radius 3 is 2.58 bits per heavy atom. The summed E-state index contributed by atoms with van der Waals surface area (Å²) < 4.78 is 38.3. The van der Waals surface area contributed by atoms with Crippen molar-refractivity contribution in [3.63, 3.8) is 0 Å². The molecule has 1 unspecified atom stereocenters. The van der Waals surface area contributed by atoms with Gasteiger partial charge in [-0.15, -0.1) is 10.2 Å². The average molecular weight is 359 g/mol. The fourth-order valence-corrected chi connectivity index (χ4v) is 2.86. The van der Waals surface area contributed by atoms with Gasteiger partial charge in [-0.2, -0.15) is 13.2 Å². The van der Waals surface area contributed by atoms with Gasteiger partial charge in [0.2, 0.25) is 5.91 Å². The molecule has 0 saturated heterocycles. The number of rotatable bonds is 6. The van der Waals surface area contributed by atoms with Crippen molar-refractivity contribution in [2.45, 2.75) is 37.0 Å². The quantitative estimate of drug-likeness (QED) is 0.803. The zero-order chi connectivity index (χ0) is 17.7. The first-order chi connectivity index (χ1) is 11.3. The molecule has 0 bridgehead atoms. The third kappa shape index (κ3) is 4.70. The van der Waals surface area contributed by atoms with Crippen molar-refractivity contribution in [3.8, 4) is 11.4 Å². The van der Waals surface area contributed by atoms with Crippen LogP contribution in [0.1, 0.15) is 13.8 Å². The van der Waals surface area contributed by atoms with Gasteiger partial charge in [-0.05, 0) is 26.0 Å². The molecule has 0 radical (unpaired) electrons. The molecule has 1 N–H and O–H groups in total. The van der Waals surface area contributed by atoms with E-state index in [-0.39, 0.29) is 0 Å². The highest BCUT2D eigenvalue weighted by atomic mass is 32.2. The van der Waals surface area contributed by atoms with E-state index in [1.54, 1.807) is 29.1 Å². The van der Waals surface area contributed by atoms with Crippen molar-refractivity contribution in [3.05, 3.63) is 24.5 Å². The third-order valence-electron chi connectivity index (χ3n) is 3.09. The molecule has 0 aliphatic heterocycles. The van der Waals surface area contributed by atoms with Crippen molar-refractivity contribution in [2.24, 2.45) is 0 Å². The van der Waals surface area contributed by atoms with Crippen LogP contribution in [0.15, 0.2) is 29.7 Å². The molecular weight excluding hydrogens is 343 g/mol. The largest absolute Gasteiger partial charge is 0.405 e. The number of aromatic nitrogens is 4. The van der Waals surface area contributed by atoms with Crippen LogP contribution >= 0.6 is 11.8 Å². The third-order valence-corrected chi connectivity index (χ3v) is 4.17. The lowest BCUT2D eigenvalue weighted by molar-refractivity contribution is -0.137. The van der Waals surface area contributed by atoms with Gasteiger partial charge in [-0.1, -0.05) is 11.8 Å². The number of hydrogen-bond acceptors (Lipinski definition) is 5. The summed E-state index contributed by atoms with van der Waals surface area (Å²) in [5.74, 6) is -0.0845. The molecule has 0 aliphatic carbocycles. The fraction of sp³-hybridized carbons (Fsp3) is 0.429. The first kappa shape index (κ1) is 18.2. The van der Waals surface area contributed by atoms with Crippen LogP contribution in [-0.4, -0.2) is 43.6 Å². The number of pyridine rings is 1. The van der Waals surface area contributed by atoms with E-state index in [0.717, 1.165) is 17.3 Å². The Hall–Kier alpha value is -2.10. The maximum absolute atomic E-state index is 12.2. The van der Waals surface area contributed by atoms with Gasteiger partial charge in [-0.25, -0.2) is 0 Å². The highest BCUT2D eigenvalue weighted by Gasteiger charge is 2.29. The number of nitrogens with zero attached hydrogens (tertiary/aromatic N) is 4. The first-order valence-corrected chi connectivity index (χ1v) is 8.04. The van der Waals surface area contributed by atoms with Crippen LogP contribution < -0.4 is 5.32 Å². The van der Waals surface area contributed by atoms with Crippen molar-refractivity contribution in [2.75, 3.05) is 6.54 Å². The van der Waals surface area contributed by atoms with Crippen molar-refractivity contribution >= 4 is 17.7 Å². The SMILES string of the molecule is CCn1c(SC(C)C(=O)NCC(F)(F)F)nnc1-c1ccncc1. The van der Waals surface area contributed by atoms with Crippen molar-refractivity contribution in [1.29, 1.82) is 0 Å². The predicted octanol–water partition coefficient (Wildman–Crippen LogP) is 2.52. The molecular formula is C14H16F3N5OS. The van der Waals surface area contributed by atoms with E-state index in [1.165, 1.54) is 6.92 Å². The first-order valence-electron chi connectivity index (χ1n) is 7.16. The Morgan fingerprint density at radius 1 is 1.33 bits per heavy atom. The molecule has 24 heavy (non-hydrogen) atoms. The number of carbonyl (C=O) groups excluding carboxylic acids is 1. The van der Waals surface area contributed by atoms with E-state index < -0.39 is 23.9 Å². The molecule has 1 amide bonds. The monoisotopic (exact) mass is 359 g/mol. The average Bonchev–Trinajstić information content (AvgIpc) is 2.95. The second-order valence-corrected chi connectivity index (χ2v) is 6.19. The van der Waals surface area contributed by atoms with Crippen LogP contribution in [-0.2, 0) is 11.3 Å². The van der Waals surface area contributed by atoms with E-state index in [0.29, 0.717) is 17.5 Å². The fourth-order valence-electron chi connectivity index (χ4n) is 1.92. The normalized spacial score (nSPS) is 12.9. The van der Waals surface area contributed by atoms with E-state index in [2.05, 4.69) is 15.2 Å². The van der Waals surface area contributed by atoms with Crippen LogP contribution in [0.3, 0.4) is 0 Å². The lowest BCUT2D eigenvalue weighted by atomic mass is 10.2. The topological polar surface area (TPSA) is 72.7 Å². The summed E-state index contributed by atoms with van der Waals surface area (Å²) in [6.07, 6.45) is -1.17. The van der Waals surface area contributed by atoms with E-state index in [4.69, 9.17) is 0 Å². The van der Waals surface area contributed by atoms with Crippen LogP contribution in [0.4, 0.5) is 13.2 Å². The lowest BCUT2D eigenvalue weighted by Crippen LogP contribution is -2.38. The van der Waals surface area contributed by atoms with Gasteiger partial charge in [0.05, 0.1) is 5.25 Å². The summed E-state index contributed by atoms with van der Waals surface area (Å²) in [5, 5.41) is 9.77. The summed E-state index contributed by atoms with van der Waals surface area (Å²) in [6.45, 7) is 2.63. The Morgan fingerprint density at radius 2 is 2.00 bits per heavy atom. The molecule has 0 spiro atoms. The second-order valence-electron chi connectivity index (χ2n) is 4.88. The zero-order valence-corrected chi connectivity index (χ0v) is 13.9. The van der Waals surface area contributed by atoms with Gasteiger partial charge in [0.25, 0.3) is 0 Å². The summed E-state index contributed by atoms with van der Waals surface area (Å²) in [5.41, 5.74) is 0.820. The minimum Gasteiger partial charge on any atom is -0.346 e. The summed E-state index contributed by atoms with van der Waals surface area (Å²) >= 11 is 1.06. The molecule has 2 aromatic heterocycles. The van der Waals surface area contributed by atoms with E-state index >= 15 is 0 Å². The minimum atomic E-state index is -4.43. The standard InChI is InChI=1S/C14H16F3N5OS/c1-3-22-11(10-4-6-18-7-5-10)20-21-13(22)24-9(2)12(23)19-8-14(15,16)17/h4-7,9H,3,8H2,1-2H3,(H,19,23). The van der Waals surface area contributed by atoms with Crippen LogP contribution in [0.2, 0.25) is 0 Å². The maximum atomic E-state index is 12.2. The number of thioether (sulfide) groups is 1. The van der Waals surface area contributed by atoms with Gasteiger partial charge < -0.3 is 9.88 Å². The summed E-state index contributed by atoms with van der Waals surface area (Å²) in [6, 6.07) is 3.56. The predicted molar refractivity (Wildman–Crippen MR) is 83.3 cm³/mol. The van der Waals surface area contributed by atoms with Gasteiger partial charge in [0.15, 0.2) is 11.0 Å². The molecule has 0 fully saturated rings. The molecule has 0 aromatic carbocycles. The van der Waals surface area contributed by atoms with E-state index in [9.17, 15) is 18.0 Å². The van der Waals surface area contributed by atoms with Crippen molar-refractivity contribution in [1.82, 2.24) is 25.1 Å². The maximum Gasteiger partial charge on any atom is 0.405 e. The zero-order valence-electron chi connectivity index (χ0n) is 13.0. The summed E-state index contributed by atoms with van der Waals surface area (Å²) in [4.78, 5) is 15.7. The van der Waals surface area contributed by atoms with Crippen LogP contribution in [0.25, 0.3) is 11.4 Å². The Bertz CT molecular complexity index is 689. The molecule has 2 heterocycles. The molecule has 130 valence electrons. The van der Waals surface area contributed by atoms with Crippen molar-refractivity contribution < 1.29 is 18.0 Å². The molecule has 0 aliphatic rings. The lowest BCUT2D eigenvalue weighted by Gasteiger charge is -2.13. The number of nitrogens with one attached hydrogen (secondary N) is 1.